The van der Waals surface area contributed by atoms with Gasteiger partial charge in [-0.05, 0) is 30.5 Å². The standard InChI is InChI=1S/C16H20ClNO4/c17-12-6-10(7-14-16(12)22-5-4-21-14)8-15(20)18-9-11-2-1-3-13(11)19/h6-7,11,13,19H,1-5,8-9H2,(H,18,20)/t11-,13-/m1/s1. The monoisotopic (exact) mass is 325 g/mol. The van der Waals surface area contributed by atoms with Crippen molar-refractivity contribution in [3.63, 3.8) is 0 Å². The van der Waals surface area contributed by atoms with Crippen molar-refractivity contribution in [1.82, 2.24) is 5.32 Å². The van der Waals surface area contributed by atoms with Gasteiger partial charge in [0.2, 0.25) is 5.91 Å². The van der Waals surface area contributed by atoms with E-state index in [1.165, 1.54) is 0 Å². The van der Waals surface area contributed by atoms with Crippen LogP contribution in [-0.4, -0.2) is 36.9 Å². The molecule has 0 radical (unpaired) electrons. The van der Waals surface area contributed by atoms with Gasteiger partial charge in [0.25, 0.3) is 0 Å². The molecule has 0 bridgehead atoms. The van der Waals surface area contributed by atoms with Crippen LogP contribution in [0.4, 0.5) is 0 Å². The van der Waals surface area contributed by atoms with Crippen LogP contribution < -0.4 is 14.8 Å². The lowest BCUT2D eigenvalue weighted by molar-refractivity contribution is -0.120. The molecule has 1 aromatic carbocycles. The molecule has 1 amide bonds. The highest BCUT2D eigenvalue weighted by molar-refractivity contribution is 6.32. The number of hydrogen-bond acceptors (Lipinski definition) is 4. The summed E-state index contributed by atoms with van der Waals surface area (Å²) in [6.07, 6.45) is 2.78. The summed E-state index contributed by atoms with van der Waals surface area (Å²) in [4.78, 5) is 12.0. The quantitative estimate of drug-likeness (QED) is 0.887. The predicted octanol–water partition coefficient (Wildman–Crippen LogP) is 1.93. The Morgan fingerprint density at radius 2 is 2.14 bits per heavy atom. The SMILES string of the molecule is O=C(Cc1cc(Cl)c2c(c1)OCCO2)NC[C@H]1CCC[C@H]1O. The van der Waals surface area contributed by atoms with Gasteiger partial charge in [0.1, 0.15) is 13.2 Å². The molecule has 3 rings (SSSR count). The van der Waals surface area contributed by atoms with E-state index < -0.39 is 0 Å². The van der Waals surface area contributed by atoms with E-state index in [0.29, 0.717) is 36.3 Å². The highest BCUT2D eigenvalue weighted by atomic mass is 35.5. The summed E-state index contributed by atoms with van der Waals surface area (Å²) in [7, 11) is 0. The molecular formula is C16H20ClNO4. The van der Waals surface area contributed by atoms with Gasteiger partial charge in [-0.3, -0.25) is 4.79 Å². The van der Waals surface area contributed by atoms with Gasteiger partial charge in [-0.1, -0.05) is 18.0 Å². The minimum absolute atomic E-state index is 0.0770. The second-order valence-electron chi connectivity index (χ2n) is 5.84. The zero-order valence-corrected chi connectivity index (χ0v) is 13.1. The number of rotatable bonds is 4. The number of aliphatic hydroxyl groups excluding tert-OH is 1. The lowest BCUT2D eigenvalue weighted by Gasteiger charge is -2.20. The second kappa shape index (κ2) is 6.75. The number of ether oxygens (including phenoxy) is 2. The van der Waals surface area contributed by atoms with E-state index in [4.69, 9.17) is 21.1 Å². The number of hydrogen-bond donors (Lipinski definition) is 2. The third-order valence-electron chi connectivity index (χ3n) is 4.20. The molecular weight excluding hydrogens is 306 g/mol. The molecule has 1 heterocycles. The number of amides is 1. The minimum atomic E-state index is -0.288. The molecule has 1 saturated carbocycles. The Morgan fingerprint density at radius 1 is 1.32 bits per heavy atom. The normalized spacial score (nSPS) is 23.4. The summed E-state index contributed by atoms with van der Waals surface area (Å²) in [6, 6.07) is 3.53. The molecule has 0 saturated heterocycles. The average Bonchev–Trinajstić information content (AvgIpc) is 2.90. The number of halogens is 1. The van der Waals surface area contributed by atoms with E-state index in [-0.39, 0.29) is 24.3 Å². The molecule has 0 unspecified atom stereocenters. The van der Waals surface area contributed by atoms with Crippen LogP contribution in [0.1, 0.15) is 24.8 Å². The first-order valence-corrected chi connectivity index (χ1v) is 8.04. The molecule has 2 N–H and O–H groups in total. The van der Waals surface area contributed by atoms with Crippen LogP contribution in [0, 0.1) is 5.92 Å². The Balaban J connectivity index is 1.58. The van der Waals surface area contributed by atoms with E-state index in [9.17, 15) is 9.90 Å². The fraction of sp³-hybridized carbons (Fsp3) is 0.562. The van der Waals surface area contributed by atoms with Gasteiger partial charge >= 0.3 is 0 Å². The minimum Gasteiger partial charge on any atom is -0.486 e. The van der Waals surface area contributed by atoms with Crippen LogP contribution in [0.2, 0.25) is 5.02 Å². The fourth-order valence-electron chi connectivity index (χ4n) is 3.01. The Labute approximate surface area is 134 Å². The summed E-state index contributed by atoms with van der Waals surface area (Å²) in [5.41, 5.74) is 0.790. The van der Waals surface area contributed by atoms with E-state index >= 15 is 0 Å². The van der Waals surface area contributed by atoms with Crippen molar-refractivity contribution in [2.75, 3.05) is 19.8 Å². The van der Waals surface area contributed by atoms with E-state index in [1.807, 2.05) is 0 Å². The van der Waals surface area contributed by atoms with E-state index in [1.54, 1.807) is 12.1 Å². The number of fused-ring (bicyclic) bond motifs is 1. The lowest BCUT2D eigenvalue weighted by atomic mass is 10.1. The smallest absolute Gasteiger partial charge is 0.224 e. The zero-order valence-electron chi connectivity index (χ0n) is 12.3. The van der Waals surface area contributed by atoms with Gasteiger partial charge in [0.15, 0.2) is 11.5 Å². The van der Waals surface area contributed by atoms with Crippen LogP contribution in [-0.2, 0) is 11.2 Å². The molecule has 1 fully saturated rings. The van der Waals surface area contributed by atoms with E-state index in [2.05, 4.69) is 5.32 Å². The van der Waals surface area contributed by atoms with Crippen molar-refractivity contribution in [3.05, 3.63) is 22.7 Å². The predicted molar refractivity (Wildman–Crippen MR) is 82.5 cm³/mol. The summed E-state index contributed by atoms with van der Waals surface area (Å²) in [5, 5.41) is 13.1. The first-order valence-electron chi connectivity index (χ1n) is 7.66. The Morgan fingerprint density at radius 3 is 2.91 bits per heavy atom. The van der Waals surface area contributed by atoms with Gasteiger partial charge < -0.3 is 19.9 Å². The van der Waals surface area contributed by atoms with Crippen molar-refractivity contribution >= 4 is 17.5 Å². The molecule has 120 valence electrons. The van der Waals surface area contributed by atoms with Crippen LogP contribution in [0.15, 0.2) is 12.1 Å². The van der Waals surface area contributed by atoms with Gasteiger partial charge in [-0.15, -0.1) is 0 Å². The number of carbonyl (C=O) groups excluding carboxylic acids is 1. The molecule has 6 heteroatoms. The third kappa shape index (κ3) is 3.47. The summed E-state index contributed by atoms with van der Waals surface area (Å²) in [6.45, 7) is 1.49. The average molecular weight is 326 g/mol. The summed E-state index contributed by atoms with van der Waals surface area (Å²) < 4.78 is 11.0. The number of carbonyl (C=O) groups is 1. The molecule has 22 heavy (non-hydrogen) atoms. The van der Waals surface area contributed by atoms with E-state index in [0.717, 1.165) is 24.8 Å². The first kappa shape index (κ1) is 15.4. The Bertz CT molecular complexity index is 563. The highest BCUT2D eigenvalue weighted by Gasteiger charge is 2.25. The van der Waals surface area contributed by atoms with Crippen molar-refractivity contribution in [1.29, 1.82) is 0 Å². The van der Waals surface area contributed by atoms with Gasteiger partial charge in [0, 0.05) is 12.5 Å². The van der Waals surface area contributed by atoms with Crippen molar-refractivity contribution in [2.24, 2.45) is 5.92 Å². The van der Waals surface area contributed by atoms with Gasteiger partial charge in [0.05, 0.1) is 17.5 Å². The van der Waals surface area contributed by atoms with Crippen LogP contribution in [0.25, 0.3) is 0 Å². The maximum Gasteiger partial charge on any atom is 0.224 e. The van der Waals surface area contributed by atoms with Crippen molar-refractivity contribution < 1.29 is 19.4 Å². The molecule has 1 aromatic rings. The molecule has 1 aliphatic carbocycles. The van der Waals surface area contributed by atoms with Gasteiger partial charge in [-0.25, -0.2) is 0 Å². The van der Waals surface area contributed by atoms with Crippen molar-refractivity contribution in [2.45, 2.75) is 31.8 Å². The van der Waals surface area contributed by atoms with Crippen molar-refractivity contribution in [3.8, 4) is 11.5 Å². The molecule has 1 aliphatic heterocycles. The summed E-state index contributed by atoms with van der Waals surface area (Å²) >= 11 is 6.16. The molecule has 5 nitrogen and oxygen atoms in total. The fourth-order valence-corrected chi connectivity index (χ4v) is 3.30. The maximum atomic E-state index is 12.0. The second-order valence-corrected chi connectivity index (χ2v) is 6.25. The highest BCUT2D eigenvalue weighted by Crippen LogP contribution is 2.38. The van der Waals surface area contributed by atoms with Gasteiger partial charge in [-0.2, -0.15) is 0 Å². The topological polar surface area (TPSA) is 67.8 Å². The number of nitrogens with one attached hydrogen (secondary N) is 1. The Kier molecular flexibility index (Phi) is 4.74. The molecule has 0 aromatic heterocycles. The van der Waals surface area contributed by atoms with Crippen LogP contribution in [0.3, 0.4) is 0 Å². The maximum absolute atomic E-state index is 12.0. The third-order valence-corrected chi connectivity index (χ3v) is 4.48. The summed E-state index contributed by atoms with van der Waals surface area (Å²) in [5.74, 6) is 1.23. The Hall–Kier alpha value is -1.46. The molecule has 0 spiro atoms. The number of aliphatic hydroxyl groups is 1. The molecule has 2 atom stereocenters. The lowest BCUT2D eigenvalue weighted by Crippen LogP contribution is -2.33. The first-order chi connectivity index (χ1) is 10.6. The van der Waals surface area contributed by atoms with Crippen LogP contribution in [0.5, 0.6) is 11.5 Å². The largest absolute Gasteiger partial charge is 0.486 e. The molecule has 2 aliphatic rings. The number of benzene rings is 1. The zero-order chi connectivity index (χ0) is 15.5. The van der Waals surface area contributed by atoms with Crippen LogP contribution >= 0.6 is 11.6 Å².